The Labute approximate surface area is 144 Å². The van der Waals surface area contributed by atoms with E-state index in [4.69, 9.17) is 4.74 Å². The fourth-order valence-corrected chi connectivity index (χ4v) is 4.23. The Balaban J connectivity index is 1.51. The van der Waals surface area contributed by atoms with E-state index in [0.717, 1.165) is 12.3 Å². The number of hydrogen-bond donors (Lipinski definition) is 1. The van der Waals surface area contributed by atoms with Crippen LogP contribution in [-0.4, -0.2) is 38.2 Å². The molecule has 0 radical (unpaired) electrons. The van der Waals surface area contributed by atoms with Gasteiger partial charge in [-0.2, -0.15) is 0 Å². The zero-order chi connectivity index (χ0) is 16.4. The summed E-state index contributed by atoms with van der Waals surface area (Å²) in [5.41, 5.74) is 4.27. The molecule has 2 saturated heterocycles. The van der Waals surface area contributed by atoms with Crippen molar-refractivity contribution in [3.05, 3.63) is 54.1 Å². The average molecular weight is 322 g/mol. The normalized spacial score (nSPS) is 23.9. The van der Waals surface area contributed by atoms with E-state index in [9.17, 15) is 0 Å². The average Bonchev–Trinajstić information content (AvgIpc) is 3.26. The first-order valence-corrected chi connectivity index (χ1v) is 8.93. The molecule has 2 heterocycles. The number of likely N-dealkylation sites (tertiary alicyclic amines) is 1. The van der Waals surface area contributed by atoms with Gasteiger partial charge in [-0.25, -0.2) is 0 Å². The van der Waals surface area contributed by atoms with E-state index in [1.807, 2.05) is 0 Å². The molecule has 2 aromatic carbocycles. The Morgan fingerprint density at radius 2 is 1.96 bits per heavy atom. The van der Waals surface area contributed by atoms with Crippen molar-refractivity contribution >= 4 is 0 Å². The molecule has 1 N–H and O–H groups in total. The van der Waals surface area contributed by atoms with Crippen LogP contribution in [0.5, 0.6) is 5.75 Å². The van der Waals surface area contributed by atoms with Crippen LogP contribution in [0.1, 0.15) is 18.4 Å². The lowest BCUT2D eigenvalue weighted by molar-refractivity contribution is 0.265. The highest BCUT2D eigenvalue weighted by Gasteiger charge is 2.40. The maximum absolute atomic E-state index is 5.70. The molecule has 0 saturated carbocycles. The van der Waals surface area contributed by atoms with Gasteiger partial charge in [-0.3, -0.25) is 4.90 Å². The van der Waals surface area contributed by atoms with Crippen LogP contribution in [0.3, 0.4) is 0 Å². The molecular formula is C21H26N2O. The van der Waals surface area contributed by atoms with Crippen molar-refractivity contribution in [2.24, 2.45) is 5.41 Å². The topological polar surface area (TPSA) is 24.5 Å². The fourth-order valence-electron chi connectivity index (χ4n) is 4.23. The molecule has 3 nitrogen and oxygen atoms in total. The minimum absolute atomic E-state index is 0.525. The molecule has 1 unspecified atom stereocenters. The van der Waals surface area contributed by atoms with Crippen LogP contribution in [0.15, 0.2) is 48.5 Å². The monoisotopic (exact) mass is 322 g/mol. The maximum atomic E-state index is 5.70. The van der Waals surface area contributed by atoms with E-state index in [0.29, 0.717) is 5.41 Å². The summed E-state index contributed by atoms with van der Waals surface area (Å²) in [5, 5.41) is 3.54. The van der Waals surface area contributed by atoms with Gasteiger partial charge in [0.05, 0.1) is 7.11 Å². The summed E-state index contributed by atoms with van der Waals surface area (Å²) in [6, 6.07) is 17.1. The van der Waals surface area contributed by atoms with E-state index in [1.165, 1.54) is 55.7 Å². The summed E-state index contributed by atoms with van der Waals surface area (Å²) in [5.74, 6) is 1.00. The minimum Gasteiger partial charge on any atom is -0.496 e. The Morgan fingerprint density at radius 1 is 1.08 bits per heavy atom. The molecule has 0 aromatic heterocycles. The first kappa shape index (κ1) is 15.7. The molecule has 2 fully saturated rings. The van der Waals surface area contributed by atoms with Crippen LogP contribution in [0.4, 0.5) is 0 Å². The van der Waals surface area contributed by atoms with Crippen LogP contribution >= 0.6 is 0 Å². The van der Waals surface area contributed by atoms with Crippen molar-refractivity contribution in [2.75, 3.05) is 33.3 Å². The summed E-state index contributed by atoms with van der Waals surface area (Å²) < 4.78 is 5.70. The van der Waals surface area contributed by atoms with Crippen molar-refractivity contribution in [1.82, 2.24) is 10.2 Å². The molecule has 126 valence electrons. The van der Waals surface area contributed by atoms with Crippen molar-refractivity contribution in [2.45, 2.75) is 19.4 Å². The number of nitrogens with zero attached hydrogens (tertiary/aromatic N) is 1. The Morgan fingerprint density at radius 3 is 2.71 bits per heavy atom. The Kier molecular flexibility index (Phi) is 4.30. The smallest absolute Gasteiger partial charge is 0.123 e. The van der Waals surface area contributed by atoms with E-state index < -0.39 is 0 Å². The number of rotatable bonds is 4. The zero-order valence-corrected chi connectivity index (χ0v) is 14.4. The lowest BCUT2D eigenvalue weighted by Gasteiger charge is -2.23. The molecule has 2 aromatic rings. The second kappa shape index (κ2) is 6.58. The third kappa shape index (κ3) is 3.06. The molecule has 0 amide bonds. The van der Waals surface area contributed by atoms with Crippen LogP contribution in [0.25, 0.3) is 11.1 Å². The summed E-state index contributed by atoms with van der Waals surface area (Å²) in [4.78, 5) is 2.59. The van der Waals surface area contributed by atoms with Gasteiger partial charge >= 0.3 is 0 Å². The molecular weight excluding hydrogens is 296 g/mol. The predicted molar refractivity (Wildman–Crippen MR) is 98.2 cm³/mol. The van der Waals surface area contributed by atoms with Crippen LogP contribution in [0, 0.1) is 5.41 Å². The number of methoxy groups -OCH3 is 1. The molecule has 24 heavy (non-hydrogen) atoms. The van der Waals surface area contributed by atoms with Gasteiger partial charge in [0.25, 0.3) is 0 Å². The van der Waals surface area contributed by atoms with E-state index in [2.05, 4.69) is 58.7 Å². The van der Waals surface area contributed by atoms with E-state index >= 15 is 0 Å². The van der Waals surface area contributed by atoms with Gasteiger partial charge in [-0.1, -0.05) is 42.5 Å². The quantitative estimate of drug-likeness (QED) is 0.932. The number of hydrogen-bond acceptors (Lipinski definition) is 3. The molecule has 1 spiro atoms. The van der Waals surface area contributed by atoms with Crippen molar-refractivity contribution in [3.8, 4) is 16.9 Å². The SMILES string of the molecule is COc1cc(-c2ccccc2)ccc1CN1CCC2(CCNC2)C1. The standard InChI is InChI=1S/C21H26N2O/c1-24-20-13-18(17-5-3-2-4-6-17)7-8-19(20)14-23-12-10-21(16-23)9-11-22-15-21/h2-8,13,22H,9-12,14-16H2,1H3. The highest BCUT2D eigenvalue weighted by Crippen LogP contribution is 2.37. The fraction of sp³-hybridized carbons (Fsp3) is 0.429. The van der Waals surface area contributed by atoms with Gasteiger partial charge in [0, 0.05) is 25.2 Å². The first-order chi connectivity index (χ1) is 11.8. The molecule has 1 atom stereocenters. The van der Waals surface area contributed by atoms with E-state index in [-0.39, 0.29) is 0 Å². The number of nitrogens with one attached hydrogen (secondary N) is 1. The number of ether oxygens (including phenoxy) is 1. The third-order valence-corrected chi connectivity index (χ3v) is 5.64. The number of benzene rings is 2. The summed E-state index contributed by atoms with van der Waals surface area (Å²) >= 11 is 0. The highest BCUT2D eigenvalue weighted by molar-refractivity contribution is 5.66. The second-order valence-electron chi connectivity index (χ2n) is 7.28. The molecule has 4 rings (SSSR count). The predicted octanol–water partition coefficient (Wildman–Crippen LogP) is 3.55. The summed E-state index contributed by atoms with van der Waals surface area (Å²) in [6.07, 6.45) is 2.65. The van der Waals surface area contributed by atoms with Crippen LogP contribution in [0.2, 0.25) is 0 Å². The maximum Gasteiger partial charge on any atom is 0.123 e. The lowest BCUT2D eigenvalue weighted by atomic mass is 9.86. The van der Waals surface area contributed by atoms with Crippen molar-refractivity contribution < 1.29 is 4.74 Å². The summed E-state index contributed by atoms with van der Waals surface area (Å²) in [7, 11) is 1.78. The van der Waals surface area contributed by atoms with Gasteiger partial charge in [0.15, 0.2) is 0 Å². The molecule has 3 heteroatoms. The van der Waals surface area contributed by atoms with Crippen LogP contribution in [-0.2, 0) is 6.54 Å². The van der Waals surface area contributed by atoms with Gasteiger partial charge < -0.3 is 10.1 Å². The first-order valence-electron chi connectivity index (χ1n) is 8.93. The Hall–Kier alpha value is -1.84. The molecule has 0 aliphatic carbocycles. The van der Waals surface area contributed by atoms with Crippen molar-refractivity contribution in [1.29, 1.82) is 0 Å². The molecule has 0 bridgehead atoms. The van der Waals surface area contributed by atoms with Gasteiger partial charge in [-0.05, 0) is 48.5 Å². The van der Waals surface area contributed by atoms with Crippen LogP contribution < -0.4 is 10.1 Å². The molecule has 2 aliphatic heterocycles. The third-order valence-electron chi connectivity index (χ3n) is 5.64. The lowest BCUT2D eigenvalue weighted by Crippen LogP contribution is -2.29. The van der Waals surface area contributed by atoms with E-state index in [1.54, 1.807) is 7.11 Å². The zero-order valence-electron chi connectivity index (χ0n) is 14.4. The van der Waals surface area contributed by atoms with Gasteiger partial charge in [-0.15, -0.1) is 0 Å². The van der Waals surface area contributed by atoms with Gasteiger partial charge in [0.1, 0.15) is 5.75 Å². The Bertz CT molecular complexity index is 692. The second-order valence-corrected chi connectivity index (χ2v) is 7.28. The van der Waals surface area contributed by atoms with Gasteiger partial charge in [0.2, 0.25) is 0 Å². The summed E-state index contributed by atoms with van der Waals surface area (Å²) in [6.45, 7) is 5.77. The largest absolute Gasteiger partial charge is 0.496 e. The molecule has 2 aliphatic rings. The highest BCUT2D eigenvalue weighted by atomic mass is 16.5. The minimum atomic E-state index is 0.525. The van der Waals surface area contributed by atoms with Crippen molar-refractivity contribution in [3.63, 3.8) is 0 Å².